The van der Waals surface area contributed by atoms with Gasteiger partial charge in [0, 0.05) is 0 Å². The van der Waals surface area contributed by atoms with Gasteiger partial charge in [0.2, 0.25) is 0 Å². The number of aromatic carboxylic acids is 2. The van der Waals surface area contributed by atoms with Crippen molar-refractivity contribution in [3.8, 4) is 0 Å². The first-order valence-electron chi connectivity index (χ1n) is 3.90. The summed E-state index contributed by atoms with van der Waals surface area (Å²) in [6, 6.07) is 5.02. The zero-order valence-corrected chi connectivity index (χ0v) is 12.0. The third-order valence-corrected chi connectivity index (χ3v) is 1.38. The Morgan fingerprint density at radius 2 is 1.11 bits per heavy atom. The topological polar surface area (TPSA) is 153 Å². The molecule has 0 atom stereocenters. The number of carbonyl (C=O) groups is 2. The number of carboxylic acids is 2. The minimum atomic E-state index is -4.42. The van der Waals surface area contributed by atoms with Crippen LogP contribution in [0.4, 0.5) is 0 Å². The molecule has 8 nitrogen and oxygen atoms in total. The fourth-order valence-corrected chi connectivity index (χ4v) is 0.755. The molecule has 0 fully saturated rings. The zero-order chi connectivity index (χ0) is 13.6. The molecule has 1 aromatic carbocycles. The fourth-order valence-electron chi connectivity index (χ4n) is 0.755. The van der Waals surface area contributed by atoms with Crippen LogP contribution in [0.3, 0.4) is 0 Å². The molecule has 18 heavy (non-hydrogen) atoms. The molecule has 0 radical (unpaired) electrons. The van der Waals surface area contributed by atoms with Crippen molar-refractivity contribution in [3.05, 3.63) is 40.5 Å². The van der Waals surface area contributed by atoms with Crippen LogP contribution in [0.2, 0.25) is 0 Å². The molecule has 0 heterocycles. The van der Waals surface area contributed by atoms with E-state index in [2.05, 4.69) is 0 Å². The molecule has 0 amide bonds. The van der Waals surface area contributed by atoms with E-state index in [-0.39, 0.29) is 40.7 Å². The first-order chi connectivity index (χ1) is 7.61. The van der Waals surface area contributed by atoms with Crippen LogP contribution in [0.15, 0.2) is 24.3 Å². The predicted octanol–water partition coefficient (Wildman–Crippen LogP) is -2.07. The van der Waals surface area contributed by atoms with Crippen LogP contribution < -0.4 is 29.6 Å². The normalized spacial score (nSPS) is 9.44. The van der Waals surface area contributed by atoms with Gasteiger partial charge >= 0.3 is 41.5 Å². The average Bonchev–Trinajstić information content (AvgIpc) is 2.15. The van der Waals surface area contributed by atoms with Gasteiger partial charge in [0.15, 0.2) is 10.3 Å². The number of rotatable bonds is 2. The Bertz CT molecular complexity index is 470. The SMILES string of the molecule is O=C(O)c1ccc(C(=O)O)cc1.[NH-]S(=O)(=O)O.[Na+]. The van der Waals surface area contributed by atoms with Crippen molar-refractivity contribution in [3.63, 3.8) is 0 Å². The van der Waals surface area contributed by atoms with Crippen LogP contribution in [0.5, 0.6) is 0 Å². The molecule has 0 saturated carbocycles. The number of carboxylic acid groups (broad SMARTS) is 2. The van der Waals surface area contributed by atoms with Crippen molar-refractivity contribution in [2.45, 2.75) is 0 Å². The summed E-state index contributed by atoms with van der Waals surface area (Å²) < 4.78 is 24.9. The molecule has 0 aromatic heterocycles. The summed E-state index contributed by atoms with van der Waals surface area (Å²) in [6.45, 7) is 0. The first-order valence-corrected chi connectivity index (χ1v) is 5.34. The second-order valence-corrected chi connectivity index (χ2v) is 3.61. The van der Waals surface area contributed by atoms with Gasteiger partial charge in [-0.3, -0.25) is 4.55 Å². The minimum absolute atomic E-state index is 0. The van der Waals surface area contributed by atoms with E-state index in [1.54, 1.807) is 0 Å². The molecular weight excluding hydrogens is 277 g/mol. The van der Waals surface area contributed by atoms with Gasteiger partial charge in [-0.05, 0) is 24.3 Å². The maximum atomic E-state index is 10.3. The van der Waals surface area contributed by atoms with E-state index in [9.17, 15) is 9.59 Å². The molecule has 4 N–H and O–H groups in total. The van der Waals surface area contributed by atoms with Crippen molar-refractivity contribution in [1.29, 1.82) is 0 Å². The summed E-state index contributed by atoms with van der Waals surface area (Å²) in [5.41, 5.74) is 0.167. The molecule has 0 saturated heterocycles. The molecular formula is C8H8NNaO7S. The Balaban J connectivity index is 0. The fraction of sp³-hybridized carbons (Fsp3) is 0. The van der Waals surface area contributed by atoms with E-state index < -0.39 is 22.2 Å². The van der Waals surface area contributed by atoms with E-state index >= 15 is 0 Å². The average molecular weight is 285 g/mol. The van der Waals surface area contributed by atoms with Crippen LogP contribution in [0.25, 0.3) is 5.14 Å². The maximum absolute atomic E-state index is 10.3. The van der Waals surface area contributed by atoms with Crippen molar-refractivity contribution in [1.82, 2.24) is 0 Å². The first kappa shape index (κ1) is 19.4. The van der Waals surface area contributed by atoms with E-state index in [1.807, 2.05) is 0 Å². The zero-order valence-electron chi connectivity index (χ0n) is 9.19. The smallest absolute Gasteiger partial charge is 0.540 e. The second-order valence-electron chi connectivity index (χ2n) is 2.66. The standard InChI is InChI=1S/C8H6O4.H2NO3S.Na/c9-7(10)5-1-2-6(4-3-5)8(11)12;1-5(2,3)4;/h1-4H,(H,9,10)(H,11,12);(H2-,1,2,3,4);/q;-1;+1. The molecule has 0 unspecified atom stereocenters. The van der Waals surface area contributed by atoms with Gasteiger partial charge in [-0.1, -0.05) is 0 Å². The van der Waals surface area contributed by atoms with Crippen LogP contribution in [-0.2, 0) is 10.3 Å². The second kappa shape index (κ2) is 8.19. The Morgan fingerprint density at radius 3 is 1.22 bits per heavy atom. The van der Waals surface area contributed by atoms with E-state index in [0.29, 0.717) is 0 Å². The van der Waals surface area contributed by atoms with Crippen molar-refractivity contribution >= 4 is 22.2 Å². The number of hydrogen-bond donors (Lipinski definition) is 3. The quantitative estimate of drug-likeness (QED) is 0.416. The summed E-state index contributed by atoms with van der Waals surface area (Å²) in [5, 5.41) is 22.4. The number of benzene rings is 1. The van der Waals surface area contributed by atoms with E-state index in [1.165, 1.54) is 24.3 Å². The molecule has 0 spiro atoms. The Morgan fingerprint density at radius 1 is 0.944 bits per heavy atom. The van der Waals surface area contributed by atoms with Crippen LogP contribution in [0.1, 0.15) is 20.7 Å². The molecule has 94 valence electrons. The molecule has 1 rings (SSSR count). The molecule has 0 aliphatic carbocycles. The third kappa shape index (κ3) is 10.2. The van der Waals surface area contributed by atoms with Gasteiger partial charge in [-0.25, -0.2) is 18.0 Å². The van der Waals surface area contributed by atoms with Gasteiger partial charge in [0.1, 0.15) is 0 Å². The maximum Gasteiger partial charge on any atom is 1.00 e. The number of nitrogens with one attached hydrogen (secondary N) is 1. The third-order valence-electron chi connectivity index (χ3n) is 1.38. The van der Waals surface area contributed by atoms with Gasteiger partial charge in [0.25, 0.3) is 0 Å². The minimum Gasteiger partial charge on any atom is -0.540 e. The van der Waals surface area contributed by atoms with E-state index in [4.69, 9.17) is 28.3 Å². The Hall–Kier alpha value is -0.970. The summed E-state index contributed by atoms with van der Waals surface area (Å²) in [5.74, 6) is -2.13. The largest absolute Gasteiger partial charge is 1.00 e. The Kier molecular flexibility index (Phi) is 8.81. The summed E-state index contributed by atoms with van der Waals surface area (Å²) in [7, 11) is -4.42. The summed E-state index contributed by atoms with van der Waals surface area (Å²) in [4.78, 5) is 20.7. The molecule has 10 heteroatoms. The van der Waals surface area contributed by atoms with Crippen molar-refractivity contribution in [2.75, 3.05) is 0 Å². The van der Waals surface area contributed by atoms with Gasteiger partial charge in [0.05, 0.1) is 11.1 Å². The van der Waals surface area contributed by atoms with Gasteiger partial charge in [-0.2, -0.15) is 0 Å². The van der Waals surface area contributed by atoms with Gasteiger partial charge in [-0.15, -0.1) is 0 Å². The summed E-state index contributed by atoms with van der Waals surface area (Å²) in [6.07, 6.45) is 0. The van der Waals surface area contributed by atoms with Crippen LogP contribution in [0, 0.1) is 0 Å². The molecule has 0 aliphatic rings. The Labute approximate surface area is 125 Å². The van der Waals surface area contributed by atoms with E-state index in [0.717, 1.165) is 0 Å². The van der Waals surface area contributed by atoms with Crippen molar-refractivity contribution in [2.24, 2.45) is 0 Å². The van der Waals surface area contributed by atoms with Crippen LogP contribution >= 0.6 is 0 Å². The van der Waals surface area contributed by atoms with Gasteiger partial charge < -0.3 is 15.4 Å². The molecule has 0 bridgehead atoms. The molecule has 1 aromatic rings. The number of hydrogen-bond acceptors (Lipinski definition) is 4. The predicted molar refractivity (Wildman–Crippen MR) is 56.2 cm³/mol. The summed E-state index contributed by atoms with van der Waals surface area (Å²) >= 11 is 0. The van der Waals surface area contributed by atoms with Crippen molar-refractivity contribution < 1.29 is 62.3 Å². The monoisotopic (exact) mass is 285 g/mol. The molecule has 0 aliphatic heterocycles. The van der Waals surface area contributed by atoms with Crippen LogP contribution in [-0.4, -0.2) is 35.1 Å².